The van der Waals surface area contributed by atoms with E-state index in [9.17, 15) is 9.59 Å². The van der Waals surface area contributed by atoms with Gasteiger partial charge in [-0.15, -0.1) is 0 Å². The molecule has 0 unspecified atom stereocenters. The molecule has 0 spiro atoms. The lowest BCUT2D eigenvalue weighted by molar-refractivity contribution is 0.584. The fourth-order valence-corrected chi connectivity index (χ4v) is 1.49. The van der Waals surface area contributed by atoms with Gasteiger partial charge in [0.1, 0.15) is 0 Å². The highest BCUT2D eigenvalue weighted by Gasteiger charge is 2.01. The van der Waals surface area contributed by atoms with Crippen molar-refractivity contribution in [1.29, 1.82) is 0 Å². The van der Waals surface area contributed by atoms with Crippen molar-refractivity contribution in [3.05, 3.63) is 33.1 Å². The largest absolute Gasteiger partial charge is 0.393 e. The van der Waals surface area contributed by atoms with Crippen LogP contribution in [-0.4, -0.2) is 14.1 Å². The molecule has 0 aliphatic rings. The zero-order valence-corrected chi connectivity index (χ0v) is 10.00. The topological polar surface area (TPSA) is 70.0 Å². The van der Waals surface area contributed by atoms with Gasteiger partial charge in [-0.3, -0.25) is 9.59 Å². The van der Waals surface area contributed by atoms with Crippen molar-refractivity contribution in [2.24, 2.45) is 12.8 Å². The smallest absolute Gasteiger partial charge is 0.316 e. The first-order chi connectivity index (χ1) is 7.52. The van der Waals surface area contributed by atoms with Crippen LogP contribution in [0.2, 0.25) is 0 Å². The van der Waals surface area contributed by atoms with E-state index in [1.807, 2.05) is 0 Å². The van der Waals surface area contributed by atoms with Crippen LogP contribution in [0.1, 0.15) is 19.3 Å². The molecule has 0 atom stereocenters. The molecule has 6 heteroatoms. The van der Waals surface area contributed by atoms with Crippen LogP contribution >= 0.6 is 12.2 Å². The fraction of sp³-hybridized carbons (Fsp3) is 0.500. The summed E-state index contributed by atoms with van der Waals surface area (Å²) >= 11 is 4.75. The highest BCUT2D eigenvalue weighted by atomic mass is 32.1. The summed E-state index contributed by atoms with van der Waals surface area (Å²) in [5.74, 6) is 0. The van der Waals surface area contributed by atoms with Crippen LogP contribution < -0.4 is 16.9 Å². The Morgan fingerprint density at radius 1 is 1.31 bits per heavy atom. The van der Waals surface area contributed by atoms with E-state index in [1.165, 1.54) is 9.13 Å². The van der Waals surface area contributed by atoms with Crippen molar-refractivity contribution in [1.82, 2.24) is 9.13 Å². The van der Waals surface area contributed by atoms with Crippen LogP contribution in [0, 0.1) is 0 Å². The number of unbranched alkanes of at least 4 members (excludes halogenated alkanes) is 1. The van der Waals surface area contributed by atoms with Gasteiger partial charge in [0.25, 0.3) is 0 Å². The zero-order valence-electron chi connectivity index (χ0n) is 9.18. The minimum absolute atomic E-state index is 0.483. The maximum atomic E-state index is 11.5. The van der Waals surface area contributed by atoms with Crippen LogP contribution in [0.15, 0.2) is 22.0 Å². The molecular formula is C10H15N3O2S. The second-order valence-corrected chi connectivity index (χ2v) is 4.16. The van der Waals surface area contributed by atoms with Gasteiger partial charge in [0.2, 0.25) is 0 Å². The molecule has 1 rings (SSSR count). The van der Waals surface area contributed by atoms with Gasteiger partial charge < -0.3 is 14.9 Å². The number of hydrogen-bond donors (Lipinski definition) is 1. The third-order valence-corrected chi connectivity index (χ3v) is 2.51. The minimum Gasteiger partial charge on any atom is -0.393 e. The number of nitrogens with zero attached hydrogens (tertiary/aromatic N) is 2. The molecule has 0 fully saturated rings. The van der Waals surface area contributed by atoms with Gasteiger partial charge in [0.15, 0.2) is 0 Å². The number of rotatable bonds is 5. The molecule has 2 N–H and O–H groups in total. The quantitative estimate of drug-likeness (QED) is 0.447. The standard InChI is InChI=1S/C10H15N3O2S/c1-12-6-7-13(10(15)9(12)14)5-3-2-4-8(11)16/h6-7H,2-5H2,1H3,(H2,11,16). The van der Waals surface area contributed by atoms with E-state index in [2.05, 4.69) is 0 Å². The molecule has 1 aromatic rings. The third-order valence-electron chi connectivity index (χ3n) is 2.31. The lowest BCUT2D eigenvalue weighted by atomic mass is 10.2. The van der Waals surface area contributed by atoms with Crippen molar-refractivity contribution in [2.75, 3.05) is 0 Å². The van der Waals surface area contributed by atoms with Gasteiger partial charge in [-0.05, 0) is 19.3 Å². The molecule has 0 bridgehead atoms. The molecule has 1 heterocycles. The van der Waals surface area contributed by atoms with Crippen molar-refractivity contribution in [2.45, 2.75) is 25.8 Å². The average Bonchev–Trinajstić information content (AvgIpc) is 2.23. The molecule has 0 saturated carbocycles. The Balaban J connectivity index is 2.62. The molecule has 16 heavy (non-hydrogen) atoms. The van der Waals surface area contributed by atoms with E-state index in [1.54, 1.807) is 19.4 Å². The molecular weight excluding hydrogens is 226 g/mol. The monoisotopic (exact) mass is 241 g/mol. The summed E-state index contributed by atoms with van der Waals surface area (Å²) in [6.07, 6.45) is 5.48. The summed E-state index contributed by atoms with van der Waals surface area (Å²) in [7, 11) is 1.56. The fourth-order valence-electron chi connectivity index (χ4n) is 1.35. The van der Waals surface area contributed by atoms with Crippen LogP contribution in [0.4, 0.5) is 0 Å². The normalized spacial score (nSPS) is 10.3. The summed E-state index contributed by atoms with van der Waals surface area (Å²) in [5, 5.41) is 0. The van der Waals surface area contributed by atoms with E-state index >= 15 is 0 Å². The predicted molar refractivity (Wildman–Crippen MR) is 66.6 cm³/mol. The Bertz CT molecular complexity index is 490. The van der Waals surface area contributed by atoms with Gasteiger partial charge in [-0.1, -0.05) is 12.2 Å². The maximum absolute atomic E-state index is 11.5. The highest BCUT2D eigenvalue weighted by molar-refractivity contribution is 7.80. The Kier molecular flexibility index (Phi) is 4.42. The first kappa shape index (κ1) is 12.6. The maximum Gasteiger partial charge on any atom is 0.316 e. The van der Waals surface area contributed by atoms with Crippen molar-refractivity contribution in [3.63, 3.8) is 0 Å². The second-order valence-electron chi connectivity index (χ2n) is 3.64. The number of aromatic nitrogens is 2. The summed E-state index contributed by atoms with van der Waals surface area (Å²) in [4.78, 5) is 23.3. The van der Waals surface area contributed by atoms with Crippen molar-refractivity contribution < 1.29 is 0 Å². The van der Waals surface area contributed by atoms with E-state index in [0.717, 1.165) is 12.8 Å². The van der Waals surface area contributed by atoms with E-state index < -0.39 is 11.1 Å². The van der Waals surface area contributed by atoms with Gasteiger partial charge in [0, 0.05) is 26.0 Å². The Morgan fingerprint density at radius 3 is 2.62 bits per heavy atom. The molecule has 0 saturated heterocycles. The molecule has 0 aliphatic heterocycles. The van der Waals surface area contributed by atoms with Gasteiger partial charge in [0.05, 0.1) is 4.99 Å². The van der Waals surface area contributed by atoms with Crippen LogP contribution in [0.5, 0.6) is 0 Å². The van der Waals surface area contributed by atoms with Gasteiger partial charge in [-0.25, -0.2) is 0 Å². The van der Waals surface area contributed by atoms with Gasteiger partial charge in [-0.2, -0.15) is 0 Å². The predicted octanol–water partition coefficient (Wildman–Crippen LogP) is 0.00340. The first-order valence-electron chi connectivity index (χ1n) is 5.06. The summed E-state index contributed by atoms with van der Waals surface area (Å²) in [5.41, 5.74) is 4.37. The number of nitrogens with two attached hydrogens (primary N) is 1. The highest BCUT2D eigenvalue weighted by Crippen LogP contribution is 1.97. The third kappa shape index (κ3) is 3.30. The van der Waals surface area contributed by atoms with Gasteiger partial charge >= 0.3 is 11.1 Å². The van der Waals surface area contributed by atoms with E-state index in [-0.39, 0.29) is 0 Å². The Morgan fingerprint density at radius 2 is 2.00 bits per heavy atom. The van der Waals surface area contributed by atoms with Crippen molar-refractivity contribution >= 4 is 17.2 Å². The molecule has 5 nitrogen and oxygen atoms in total. The Labute approximate surface area is 98.5 Å². The molecule has 0 aromatic carbocycles. The lowest BCUT2D eigenvalue weighted by Gasteiger charge is -2.05. The Hall–Kier alpha value is -1.43. The minimum atomic E-state index is -0.503. The van der Waals surface area contributed by atoms with Crippen LogP contribution in [-0.2, 0) is 13.6 Å². The van der Waals surface area contributed by atoms with Crippen LogP contribution in [0.25, 0.3) is 0 Å². The average molecular weight is 241 g/mol. The molecule has 88 valence electrons. The molecule has 1 aromatic heterocycles. The number of hydrogen-bond acceptors (Lipinski definition) is 3. The first-order valence-corrected chi connectivity index (χ1v) is 5.47. The SMILES string of the molecule is Cn1ccn(CCCCC(N)=S)c(=O)c1=O. The summed E-state index contributed by atoms with van der Waals surface area (Å²) < 4.78 is 2.69. The second kappa shape index (κ2) is 5.60. The van der Waals surface area contributed by atoms with E-state index in [4.69, 9.17) is 18.0 Å². The van der Waals surface area contributed by atoms with Crippen molar-refractivity contribution in [3.8, 4) is 0 Å². The van der Waals surface area contributed by atoms with Crippen LogP contribution in [0.3, 0.4) is 0 Å². The van der Waals surface area contributed by atoms with E-state index in [0.29, 0.717) is 18.0 Å². The summed E-state index contributed by atoms with van der Waals surface area (Å²) in [6, 6.07) is 0. The number of thiocarbonyl (C=S) groups is 1. The molecule has 0 amide bonds. The molecule has 0 radical (unpaired) electrons. The molecule has 0 aliphatic carbocycles. The summed E-state index contributed by atoms with van der Waals surface area (Å²) in [6.45, 7) is 0.525. The number of aryl methyl sites for hydroxylation is 2. The lowest BCUT2D eigenvalue weighted by Crippen LogP contribution is -2.39. The zero-order chi connectivity index (χ0) is 12.1.